The van der Waals surface area contributed by atoms with E-state index in [1.54, 1.807) is 36.4 Å². The number of aromatic hydroxyl groups is 1. The summed E-state index contributed by atoms with van der Waals surface area (Å²) >= 11 is 12.4. The summed E-state index contributed by atoms with van der Waals surface area (Å²) in [6.45, 7) is 0. The molecule has 0 aliphatic carbocycles. The highest BCUT2D eigenvalue weighted by atomic mass is 79.9. The Bertz CT molecular complexity index is 623. The summed E-state index contributed by atoms with van der Waals surface area (Å²) in [4.78, 5) is 12.1. The van der Waals surface area contributed by atoms with E-state index < -0.39 is 0 Å². The van der Waals surface area contributed by atoms with Gasteiger partial charge in [0, 0.05) is 5.69 Å². The molecule has 2 N–H and O–H groups in total. The molecule has 0 aliphatic rings. The van der Waals surface area contributed by atoms with Gasteiger partial charge in [0.05, 0.1) is 19.5 Å². The summed E-state index contributed by atoms with van der Waals surface area (Å²) in [6.07, 6.45) is 0. The van der Waals surface area contributed by atoms with Gasteiger partial charge in [0.25, 0.3) is 5.91 Å². The van der Waals surface area contributed by atoms with E-state index >= 15 is 0 Å². The largest absolute Gasteiger partial charge is 0.506 e. The van der Waals surface area contributed by atoms with Crippen molar-refractivity contribution < 1.29 is 9.90 Å². The van der Waals surface area contributed by atoms with E-state index in [1.807, 2.05) is 0 Å². The van der Waals surface area contributed by atoms with Gasteiger partial charge in [-0.05, 0) is 56.1 Å². The molecule has 2 aromatic rings. The molecule has 6 heteroatoms. The number of anilines is 1. The number of carbonyl (C=O) groups excluding carboxylic acids is 1. The number of hydrogen-bond acceptors (Lipinski definition) is 2. The van der Waals surface area contributed by atoms with Crippen LogP contribution in [0, 0.1) is 0 Å². The third kappa shape index (κ3) is 3.29. The lowest BCUT2D eigenvalue weighted by molar-refractivity contribution is 0.102. The number of benzene rings is 2. The molecule has 0 saturated heterocycles. The van der Waals surface area contributed by atoms with Crippen molar-refractivity contribution in [1.82, 2.24) is 0 Å². The minimum Gasteiger partial charge on any atom is -0.506 e. The van der Waals surface area contributed by atoms with E-state index in [-0.39, 0.29) is 11.7 Å². The fourth-order valence-corrected chi connectivity index (χ4v) is 2.89. The summed E-state index contributed by atoms with van der Waals surface area (Å²) in [5.41, 5.74) is 0.936. The molecular formula is C13H8Br2ClNO2. The van der Waals surface area contributed by atoms with Crippen LogP contribution in [-0.4, -0.2) is 11.0 Å². The molecule has 0 bridgehead atoms. The first kappa shape index (κ1) is 14.4. The number of phenols is 1. The van der Waals surface area contributed by atoms with Gasteiger partial charge in [-0.1, -0.05) is 23.7 Å². The number of phenolic OH excluding ortho intramolecular Hbond substituents is 1. The first-order valence-electron chi connectivity index (χ1n) is 5.23. The highest BCUT2D eigenvalue weighted by Crippen LogP contribution is 2.35. The maximum Gasteiger partial charge on any atom is 0.257 e. The first-order valence-corrected chi connectivity index (χ1v) is 7.19. The molecule has 2 rings (SSSR count). The predicted molar refractivity (Wildman–Crippen MR) is 82.9 cm³/mol. The highest BCUT2D eigenvalue weighted by molar-refractivity contribution is 9.11. The Hall–Kier alpha value is -1.04. The molecule has 98 valence electrons. The van der Waals surface area contributed by atoms with E-state index in [9.17, 15) is 9.90 Å². The Kier molecular flexibility index (Phi) is 4.50. The maximum atomic E-state index is 12.1. The van der Waals surface area contributed by atoms with Crippen molar-refractivity contribution in [2.75, 3.05) is 5.32 Å². The molecule has 2 aromatic carbocycles. The molecule has 0 saturated carbocycles. The summed E-state index contributed by atoms with van der Waals surface area (Å²) in [5, 5.41) is 12.7. The van der Waals surface area contributed by atoms with Gasteiger partial charge in [-0.15, -0.1) is 0 Å². The Morgan fingerprint density at radius 2 is 1.74 bits per heavy atom. The van der Waals surface area contributed by atoms with Crippen molar-refractivity contribution in [1.29, 1.82) is 0 Å². The van der Waals surface area contributed by atoms with Crippen LogP contribution < -0.4 is 5.32 Å². The summed E-state index contributed by atoms with van der Waals surface area (Å²) in [5.74, 6) is -0.231. The lowest BCUT2D eigenvalue weighted by Crippen LogP contribution is -2.12. The second-order valence-electron chi connectivity index (χ2n) is 3.72. The number of nitrogens with one attached hydrogen (secondary N) is 1. The number of amides is 1. The van der Waals surface area contributed by atoms with Crippen molar-refractivity contribution in [2.24, 2.45) is 0 Å². The molecule has 0 radical (unpaired) electrons. The fraction of sp³-hybridized carbons (Fsp3) is 0. The molecule has 0 unspecified atom stereocenters. The van der Waals surface area contributed by atoms with Crippen LogP contribution in [0.4, 0.5) is 5.69 Å². The first-order chi connectivity index (χ1) is 8.99. The summed E-state index contributed by atoms with van der Waals surface area (Å²) < 4.78 is 0.965. The van der Waals surface area contributed by atoms with E-state index in [4.69, 9.17) is 11.6 Å². The second kappa shape index (κ2) is 5.94. The predicted octanol–water partition coefficient (Wildman–Crippen LogP) is 4.82. The van der Waals surface area contributed by atoms with E-state index in [0.29, 0.717) is 25.2 Å². The Morgan fingerprint density at radius 3 is 2.32 bits per heavy atom. The maximum absolute atomic E-state index is 12.1. The van der Waals surface area contributed by atoms with Gasteiger partial charge in [0.15, 0.2) is 0 Å². The number of rotatable bonds is 2. The topological polar surface area (TPSA) is 49.3 Å². The van der Waals surface area contributed by atoms with E-state index in [2.05, 4.69) is 37.2 Å². The molecule has 0 spiro atoms. The van der Waals surface area contributed by atoms with Crippen LogP contribution in [0.15, 0.2) is 45.3 Å². The molecule has 0 fully saturated rings. The molecule has 3 nitrogen and oxygen atoms in total. The Labute approximate surface area is 131 Å². The van der Waals surface area contributed by atoms with Crippen LogP contribution in [0.25, 0.3) is 0 Å². The third-order valence-electron chi connectivity index (χ3n) is 2.39. The normalized spacial score (nSPS) is 10.3. The van der Waals surface area contributed by atoms with Crippen molar-refractivity contribution in [3.8, 4) is 5.75 Å². The zero-order valence-electron chi connectivity index (χ0n) is 9.45. The monoisotopic (exact) mass is 403 g/mol. The van der Waals surface area contributed by atoms with Crippen LogP contribution in [0.1, 0.15) is 10.4 Å². The lowest BCUT2D eigenvalue weighted by atomic mass is 10.2. The number of halogens is 3. The Morgan fingerprint density at radius 1 is 1.16 bits per heavy atom. The van der Waals surface area contributed by atoms with Gasteiger partial charge in [0.1, 0.15) is 5.75 Å². The average molecular weight is 405 g/mol. The zero-order valence-corrected chi connectivity index (χ0v) is 13.4. The third-order valence-corrected chi connectivity index (χ3v) is 3.93. The lowest BCUT2D eigenvalue weighted by Gasteiger charge is -2.09. The van der Waals surface area contributed by atoms with Crippen LogP contribution in [0.5, 0.6) is 5.75 Å². The molecule has 0 aliphatic heterocycles. The number of carbonyl (C=O) groups is 1. The molecule has 0 heterocycles. The summed E-state index contributed by atoms with van der Waals surface area (Å²) in [6, 6.07) is 10.0. The van der Waals surface area contributed by atoms with Gasteiger partial charge >= 0.3 is 0 Å². The zero-order chi connectivity index (χ0) is 14.0. The standard InChI is InChI=1S/C13H8Br2ClNO2/c14-9-5-7(6-10(15)12(9)18)17-13(19)8-3-1-2-4-11(8)16/h1-6,18H,(H,17,19). The molecule has 19 heavy (non-hydrogen) atoms. The van der Waals surface area contributed by atoms with E-state index in [0.717, 1.165) is 0 Å². The van der Waals surface area contributed by atoms with Gasteiger partial charge in [-0.3, -0.25) is 4.79 Å². The smallest absolute Gasteiger partial charge is 0.257 e. The second-order valence-corrected chi connectivity index (χ2v) is 5.84. The fourth-order valence-electron chi connectivity index (χ4n) is 1.48. The average Bonchev–Trinajstić information content (AvgIpc) is 2.36. The quantitative estimate of drug-likeness (QED) is 0.704. The van der Waals surface area contributed by atoms with Crippen LogP contribution in [0.2, 0.25) is 5.02 Å². The molecule has 1 amide bonds. The minimum atomic E-state index is -0.310. The number of hydrogen-bond donors (Lipinski definition) is 2. The minimum absolute atomic E-state index is 0.0794. The van der Waals surface area contributed by atoms with Gasteiger partial charge < -0.3 is 10.4 Å². The van der Waals surface area contributed by atoms with Gasteiger partial charge in [-0.25, -0.2) is 0 Å². The molecule has 0 atom stereocenters. The van der Waals surface area contributed by atoms with Crippen molar-refractivity contribution in [3.05, 3.63) is 55.9 Å². The Balaban J connectivity index is 2.27. The van der Waals surface area contributed by atoms with Crippen LogP contribution in [0.3, 0.4) is 0 Å². The molecular weight excluding hydrogens is 397 g/mol. The summed E-state index contributed by atoms with van der Waals surface area (Å²) in [7, 11) is 0. The molecule has 0 aromatic heterocycles. The van der Waals surface area contributed by atoms with Crippen molar-refractivity contribution in [2.45, 2.75) is 0 Å². The SMILES string of the molecule is O=C(Nc1cc(Br)c(O)c(Br)c1)c1ccccc1Cl. The van der Waals surface area contributed by atoms with Crippen LogP contribution in [-0.2, 0) is 0 Å². The van der Waals surface area contributed by atoms with Gasteiger partial charge in [-0.2, -0.15) is 0 Å². The van der Waals surface area contributed by atoms with Crippen molar-refractivity contribution in [3.63, 3.8) is 0 Å². The van der Waals surface area contributed by atoms with Crippen LogP contribution >= 0.6 is 43.5 Å². The van der Waals surface area contributed by atoms with Gasteiger partial charge in [0.2, 0.25) is 0 Å². The van der Waals surface area contributed by atoms with E-state index in [1.165, 1.54) is 0 Å². The van der Waals surface area contributed by atoms with Crippen molar-refractivity contribution >= 4 is 55.1 Å². The highest BCUT2D eigenvalue weighted by Gasteiger charge is 2.12.